The molecule has 0 aliphatic rings. The van der Waals surface area contributed by atoms with E-state index in [-0.39, 0.29) is 28.8 Å². The molecule has 0 unspecified atom stereocenters. The molecule has 0 aliphatic carbocycles. The summed E-state index contributed by atoms with van der Waals surface area (Å²) in [5.41, 5.74) is 7.48. The van der Waals surface area contributed by atoms with Crippen LogP contribution in [0.4, 0.5) is 5.69 Å². The van der Waals surface area contributed by atoms with Crippen molar-refractivity contribution in [3.63, 3.8) is 0 Å². The monoisotopic (exact) mass is 322 g/mol. The molecule has 0 fully saturated rings. The number of ketones is 1. The Hall–Kier alpha value is -3.41. The highest BCUT2D eigenvalue weighted by Gasteiger charge is 2.23. The van der Waals surface area contributed by atoms with Gasteiger partial charge in [0.2, 0.25) is 5.89 Å². The molecule has 0 saturated heterocycles. The highest BCUT2D eigenvalue weighted by atomic mass is 16.4. The first-order chi connectivity index (χ1) is 11.5. The standard InChI is InChI=1S/C18H14N2O4/c1-10(21)12-7-8-13(14(19)9-12)16-15(18(22)23)20-17(24-16)11-5-3-2-4-6-11/h2-9H,19H2,1H3,(H,22,23). The molecule has 3 rings (SSSR count). The number of carbonyl (C=O) groups is 2. The maximum atomic E-state index is 11.5. The number of hydrogen-bond donors (Lipinski definition) is 2. The quantitative estimate of drug-likeness (QED) is 0.562. The van der Waals surface area contributed by atoms with Crippen molar-refractivity contribution in [2.24, 2.45) is 0 Å². The van der Waals surface area contributed by atoms with Crippen LogP contribution in [-0.2, 0) is 0 Å². The summed E-state index contributed by atoms with van der Waals surface area (Å²) in [5, 5.41) is 9.40. The highest BCUT2D eigenvalue weighted by Crippen LogP contribution is 2.33. The van der Waals surface area contributed by atoms with Crippen molar-refractivity contribution in [1.82, 2.24) is 4.98 Å². The van der Waals surface area contributed by atoms with Crippen molar-refractivity contribution in [3.8, 4) is 22.8 Å². The Labute approximate surface area is 137 Å². The summed E-state index contributed by atoms with van der Waals surface area (Å²) in [6, 6.07) is 13.6. The molecule has 1 aromatic heterocycles. The average molecular weight is 322 g/mol. The van der Waals surface area contributed by atoms with Gasteiger partial charge in [0, 0.05) is 22.4 Å². The predicted molar refractivity (Wildman–Crippen MR) is 88.8 cm³/mol. The van der Waals surface area contributed by atoms with Crippen molar-refractivity contribution in [1.29, 1.82) is 0 Å². The number of carboxylic acid groups (broad SMARTS) is 1. The van der Waals surface area contributed by atoms with Crippen LogP contribution in [0.3, 0.4) is 0 Å². The zero-order valence-electron chi connectivity index (χ0n) is 12.8. The fraction of sp³-hybridized carbons (Fsp3) is 0.0556. The molecule has 0 spiro atoms. The largest absolute Gasteiger partial charge is 0.476 e. The summed E-state index contributed by atoms with van der Waals surface area (Å²) in [7, 11) is 0. The first-order valence-corrected chi connectivity index (χ1v) is 7.17. The molecule has 2 aromatic carbocycles. The first kappa shape index (κ1) is 15.5. The second-order valence-electron chi connectivity index (χ2n) is 5.23. The Morgan fingerprint density at radius 1 is 1.12 bits per heavy atom. The second kappa shape index (κ2) is 6.00. The van der Waals surface area contributed by atoms with E-state index in [0.29, 0.717) is 16.7 Å². The van der Waals surface area contributed by atoms with E-state index in [4.69, 9.17) is 10.2 Å². The Morgan fingerprint density at radius 2 is 1.83 bits per heavy atom. The van der Waals surface area contributed by atoms with E-state index in [1.807, 2.05) is 6.07 Å². The van der Waals surface area contributed by atoms with Crippen molar-refractivity contribution in [2.45, 2.75) is 6.92 Å². The van der Waals surface area contributed by atoms with Crippen LogP contribution in [-0.4, -0.2) is 21.8 Å². The number of nitrogens with zero attached hydrogens (tertiary/aromatic N) is 1. The van der Waals surface area contributed by atoms with E-state index < -0.39 is 5.97 Å². The van der Waals surface area contributed by atoms with Gasteiger partial charge in [0.15, 0.2) is 17.2 Å². The topological polar surface area (TPSA) is 106 Å². The average Bonchev–Trinajstić information content (AvgIpc) is 3.00. The van der Waals surface area contributed by atoms with Crippen LogP contribution >= 0.6 is 0 Å². The molecule has 0 amide bonds. The third-order valence-corrected chi connectivity index (χ3v) is 3.55. The summed E-state index contributed by atoms with van der Waals surface area (Å²) in [4.78, 5) is 27.0. The zero-order chi connectivity index (χ0) is 17.3. The lowest BCUT2D eigenvalue weighted by atomic mass is 10.0. The van der Waals surface area contributed by atoms with Gasteiger partial charge in [-0.2, -0.15) is 0 Å². The minimum atomic E-state index is -1.22. The SMILES string of the molecule is CC(=O)c1ccc(-c2oc(-c3ccccc3)nc2C(=O)O)c(N)c1. The molecular weight excluding hydrogens is 308 g/mol. The van der Waals surface area contributed by atoms with Crippen LogP contribution in [0.1, 0.15) is 27.8 Å². The molecule has 6 heteroatoms. The maximum Gasteiger partial charge on any atom is 0.358 e. The molecule has 0 bridgehead atoms. The summed E-state index contributed by atoms with van der Waals surface area (Å²) < 4.78 is 5.67. The van der Waals surface area contributed by atoms with Crippen molar-refractivity contribution in [2.75, 3.05) is 5.73 Å². The molecule has 0 aliphatic heterocycles. The number of nitrogen functional groups attached to an aromatic ring is 1. The molecule has 0 saturated carbocycles. The molecule has 120 valence electrons. The highest BCUT2D eigenvalue weighted by molar-refractivity contribution is 5.98. The predicted octanol–water partition coefficient (Wildman–Crippen LogP) is 3.49. The van der Waals surface area contributed by atoms with Gasteiger partial charge < -0.3 is 15.3 Å². The van der Waals surface area contributed by atoms with E-state index in [0.717, 1.165) is 0 Å². The Kier molecular flexibility index (Phi) is 3.87. The fourth-order valence-electron chi connectivity index (χ4n) is 2.34. The summed E-state index contributed by atoms with van der Waals surface area (Å²) in [5.74, 6) is -1.09. The molecule has 3 N–H and O–H groups in total. The number of aromatic nitrogens is 1. The minimum absolute atomic E-state index is 0.0638. The van der Waals surface area contributed by atoms with Crippen LogP contribution in [0.15, 0.2) is 52.9 Å². The number of oxazole rings is 1. The Bertz CT molecular complexity index is 929. The molecule has 0 atom stereocenters. The Balaban J connectivity index is 2.15. The van der Waals surface area contributed by atoms with Crippen molar-refractivity contribution in [3.05, 3.63) is 59.8 Å². The van der Waals surface area contributed by atoms with E-state index in [1.165, 1.54) is 13.0 Å². The van der Waals surface area contributed by atoms with Gasteiger partial charge >= 0.3 is 5.97 Å². The van der Waals surface area contributed by atoms with Gasteiger partial charge in [-0.15, -0.1) is 0 Å². The van der Waals surface area contributed by atoms with Gasteiger partial charge in [0.25, 0.3) is 0 Å². The van der Waals surface area contributed by atoms with Crippen LogP contribution in [0, 0.1) is 0 Å². The van der Waals surface area contributed by atoms with E-state index in [9.17, 15) is 14.7 Å². The minimum Gasteiger partial charge on any atom is -0.476 e. The lowest BCUT2D eigenvalue weighted by molar-refractivity contribution is 0.0691. The second-order valence-corrected chi connectivity index (χ2v) is 5.23. The van der Waals surface area contributed by atoms with Crippen LogP contribution in [0.2, 0.25) is 0 Å². The Morgan fingerprint density at radius 3 is 2.42 bits per heavy atom. The van der Waals surface area contributed by atoms with Gasteiger partial charge in [0.05, 0.1) is 0 Å². The van der Waals surface area contributed by atoms with Gasteiger partial charge in [-0.25, -0.2) is 9.78 Å². The summed E-state index contributed by atoms with van der Waals surface area (Å²) >= 11 is 0. The van der Waals surface area contributed by atoms with Crippen molar-refractivity contribution >= 4 is 17.4 Å². The third-order valence-electron chi connectivity index (χ3n) is 3.55. The van der Waals surface area contributed by atoms with Crippen molar-refractivity contribution < 1.29 is 19.1 Å². The van der Waals surface area contributed by atoms with Gasteiger partial charge in [-0.1, -0.05) is 24.3 Å². The van der Waals surface area contributed by atoms with Crippen LogP contribution in [0.25, 0.3) is 22.8 Å². The molecule has 24 heavy (non-hydrogen) atoms. The fourth-order valence-corrected chi connectivity index (χ4v) is 2.34. The molecular formula is C18H14N2O4. The zero-order valence-corrected chi connectivity index (χ0v) is 12.8. The summed E-state index contributed by atoms with van der Waals surface area (Å²) in [6.45, 7) is 1.43. The molecule has 0 radical (unpaired) electrons. The number of aromatic carboxylic acids is 1. The van der Waals surface area contributed by atoms with Gasteiger partial charge in [-0.05, 0) is 31.2 Å². The van der Waals surface area contributed by atoms with Gasteiger partial charge in [0.1, 0.15) is 0 Å². The molecule has 6 nitrogen and oxygen atoms in total. The number of Topliss-reactive ketones (excluding diaryl/α,β-unsaturated/α-hetero) is 1. The normalized spacial score (nSPS) is 10.5. The third kappa shape index (κ3) is 2.77. The number of rotatable bonds is 4. The van der Waals surface area contributed by atoms with Crippen LogP contribution < -0.4 is 5.73 Å². The number of carbonyl (C=O) groups excluding carboxylic acids is 1. The van der Waals surface area contributed by atoms with Crippen LogP contribution in [0.5, 0.6) is 0 Å². The number of benzene rings is 2. The lowest BCUT2D eigenvalue weighted by Crippen LogP contribution is -2.01. The van der Waals surface area contributed by atoms with Gasteiger partial charge in [-0.3, -0.25) is 4.79 Å². The van der Waals surface area contributed by atoms with E-state index in [1.54, 1.807) is 36.4 Å². The van der Waals surface area contributed by atoms with E-state index >= 15 is 0 Å². The number of carboxylic acids is 1. The molecule has 3 aromatic rings. The maximum absolute atomic E-state index is 11.5. The number of nitrogens with two attached hydrogens (primary N) is 1. The number of hydrogen-bond acceptors (Lipinski definition) is 5. The first-order valence-electron chi connectivity index (χ1n) is 7.17. The summed E-state index contributed by atoms with van der Waals surface area (Å²) in [6.07, 6.45) is 0. The molecule has 1 heterocycles. The smallest absolute Gasteiger partial charge is 0.358 e. The van der Waals surface area contributed by atoms with E-state index in [2.05, 4.69) is 4.98 Å². The number of anilines is 1. The lowest BCUT2D eigenvalue weighted by Gasteiger charge is -2.05.